The van der Waals surface area contributed by atoms with E-state index in [4.69, 9.17) is 14.2 Å². The molecule has 0 aliphatic heterocycles. The molecule has 0 spiro atoms. The predicted molar refractivity (Wildman–Crippen MR) is 307 cm³/mol. The molecule has 0 saturated heterocycles. The van der Waals surface area contributed by atoms with E-state index in [9.17, 15) is 14.4 Å². The first kappa shape index (κ1) is 68.9. The standard InChI is InChI=1S/C65H122O6/c1-4-7-10-13-16-19-22-25-27-29-31-32-34-36-38-41-43-46-49-52-55-58-64(67)70-61-62(71-65(68)59-56-53-50-47-44-39-24-21-18-15-12-9-6-3)60-69-63(66)57-54-51-48-45-42-40-37-35-33-30-28-26-23-20-17-14-11-8-5-2/h21,24-25,27,62H,4-20,22-23,26,28-61H2,1-3H3/b24-21-,27-25-/t62-/m0/s1. The van der Waals surface area contributed by atoms with Gasteiger partial charge in [0.2, 0.25) is 0 Å². The van der Waals surface area contributed by atoms with Crippen molar-refractivity contribution in [3.05, 3.63) is 24.3 Å². The van der Waals surface area contributed by atoms with Crippen LogP contribution in [0, 0.1) is 0 Å². The van der Waals surface area contributed by atoms with Crippen molar-refractivity contribution in [2.45, 2.75) is 361 Å². The Bertz CT molecular complexity index is 1150. The van der Waals surface area contributed by atoms with E-state index in [0.717, 1.165) is 64.2 Å². The first-order valence-corrected chi connectivity index (χ1v) is 31.8. The minimum atomic E-state index is -0.772. The van der Waals surface area contributed by atoms with Crippen LogP contribution in [0.2, 0.25) is 0 Å². The average Bonchev–Trinajstić information content (AvgIpc) is 3.37. The van der Waals surface area contributed by atoms with Crippen LogP contribution in [0.1, 0.15) is 355 Å². The van der Waals surface area contributed by atoms with E-state index in [1.807, 2.05) is 0 Å². The Morgan fingerprint density at radius 2 is 0.465 bits per heavy atom. The summed E-state index contributed by atoms with van der Waals surface area (Å²) in [5.74, 6) is -0.854. The van der Waals surface area contributed by atoms with Crippen molar-refractivity contribution in [1.82, 2.24) is 0 Å². The molecule has 71 heavy (non-hydrogen) atoms. The monoisotopic (exact) mass is 999 g/mol. The molecule has 0 rings (SSSR count). The van der Waals surface area contributed by atoms with Crippen LogP contribution in [-0.4, -0.2) is 37.2 Å². The molecule has 0 N–H and O–H groups in total. The molecule has 0 aromatic carbocycles. The molecule has 0 saturated carbocycles. The van der Waals surface area contributed by atoms with E-state index < -0.39 is 6.10 Å². The second-order valence-electron chi connectivity index (χ2n) is 21.7. The second kappa shape index (κ2) is 60.4. The van der Waals surface area contributed by atoms with Gasteiger partial charge in [-0.1, -0.05) is 289 Å². The highest BCUT2D eigenvalue weighted by Crippen LogP contribution is 2.18. The van der Waals surface area contributed by atoms with Crippen molar-refractivity contribution in [2.24, 2.45) is 0 Å². The van der Waals surface area contributed by atoms with Crippen molar-refractivity contribution in [1.29, 1.82) is 0 Å². The van der Waals surface area contributed by atoms with Gasteiger partial charge in [0.1, 0.15) is 13.2 Å². The zero-order valence-electron chi connectivity index (χ0n) is 48.0. The number of hydrogen-bond donors (Lipinski definition) is 0. The number of unbranched alkanes of at least 4 members (excludes halogenated alkanes) is 44. The van der Waals surface area contributed by atoms with Crippen LogP contribution in [0.4, 0.5) is 0 Å². The predicted octanol–water partition coefficient (Wildman–Crippen LogP) is 21.4. The smallest absolute Gasteiger partial charge is 0.306 e. The number of ether oxygens (including phenoxy) is 3. The summed E-state index contributed by atoms with van der Waals surface area (Å²) in [6, 6.07) is 0. The molecule has 0 amide bonds. The highest BCUT2D eigenvalue weighted by molar-refractivity contribution is 5.71. The molecule has 6 heteroatoms. The van der Waals surface area contributed by atoms with Crippen molar-refractivity contribution in [3.63, 3.8) is 0 Å². The Labute approximate surface area is 443 Å². The average molecular weight is 1000 g/mol. The molecule has 418 valence electrons. The normalized spacial score (nSPS) is 12.1. The van der Waals surface area contributed by atoms with Gasteiger partial charge >= 0.3 is 17.9 Å². The maximum absolute atomic E-state index is 12.9. The summed E-state index contributed by atoms with van der Waals surface area (Å²) in [5, 5.41) is 0. The van der Waals surface area contributed by atoms with E-state index in [-0.39, 0.29) is 31.1 Å². The van der Waals surface area contributed by atoms with Gasteiger partial charge in [-0.05, 0) is 70.6 Å². The zero-order valence-corrected chi connectivity index (χ0v) is 48.0. The SMILES string of the molecule is CCCCCC/C=C\CCCCCCCC(=O)O[C@H](COC(=O)CCCCCCCCCCCCC/C=C\CCCCCCCC)COC(=O)CCCCCCCCCCCCCCCCCCCCC. The first-order valence-electron chi connectivity index (χ1n) is 31.8. The second-order valence-corrected chi connectivity index (χ2v) is 21.7. The Hall–Kier alpha value is -2.11. The van der Waals surface area contributed by atoms with E-state index in [1.165, 1.54) is 250 Å². The zero-order chi connectivity index (χ0) is 51.4. The lowest BCUT2D eigenvalue weighted by atomic mass is 10.0. The third kappa shape index (κ3) is 58.7. The molecule has 0 aromatic heterocycles. The molecule has 0 aromatic rings. The van der Waals surface area contributed by atoms with Crippen LogP contribution in [0.15, 0.2) is 24.3 Å². The van der Waals surface area contributed by atoms with Crippen LogP contribution in [0.25, 0.3) is 0 Å². The van der Waals surface area contributed by atoms with Gasteiger partial charge in [0, 0.05) is 19.3 Å². The summed E-state index contributed by atoms with van der Waals surface area (Å²) in [4.78, 5) is 38.3. The molecular weight excluding hydrogens is 877 g/mol. The molecule has 0 unspecified atom stereocenters. The van der Waals surface area contributed by atoms with Gasteiger partial charge in [0.15, 0.2) is 6.10 Å². The lowest BCUT2D eigenvalue weighted by molar-refractivity contribution is -0.167. The molecule has 0 fully saturated rings. The van der Waals surface area contributed by atoms with Crippen molar-refractivity contribution >= 4 is 17.9 Å². The van der Waals surface area contributed by atoms with Crippen molar-refractivity contribution in [2.75, 3.05) is 13.2 Å². The number of esters is 3. The summed E-state index contributed by atoms with van der Waals surface area (Å²) >= 11 is 0. The topological polar surface area (TPSA) is 78.9 Å². The summed E-state index contributed by atoms with van der Waals surface area (Å²) in [5.41, 5.74) is 0. The van der Waals surface area contributed by atoms with Crippen LogP contribution < -0.4 is 0 Å². The summed E-state index contributed by atoms with van der Waals surface area (Å²) in [7, 11) is 0. The third-order valence-electron chi connectivity index (χ3n) is 14.4. The van der Waals surface area contributed by atoms with Crippen LogP contribution >= 0.6 is 0 Å². The molecule has 6 nitrogen and oxygen atoms in total. The Balaban J connectivity index is 4.26. The third-order valence-corrected chi connectivity index (χ3v) is 14.4. The maximum Gasteiger partial charge on any atom is 0.306 e. The van der Waals surface area contributed by atoms with Gasteiger partial charge < -0.3 is 14.2 Å². The summed E-state index contributed by atoms with van der Waals surface area (Å²) in [6.45, 7) is 6.68. The van der Waals surface area contributed by atoms with Crippen LogP contribution in [0.5, 0.6) is 0 Å². The minimum absolute atomic E-state index is 0.0696. The molecule has 1 atom stereocenters. The fraction of sp³-hybridized carbons (Fsp3) is 0.892. The number of rotatable bonds is 59. The Morgan fingerprint density at radius 3 is 0.718 bits per heavy atom. The minimum Gasteiger partial charge on any atom is -0.462 e. The molecule has 0 heterocycles. The Morgan fingerprint density at radius 1 is 0.268 bits per heavy atom. The van der Waals surface area contributed by atoms with Crippen LogP contribution in [-0.2, 0) is 28.6 Å². The molecule has 0 bridgehead atoms. The summed E-state index contributed by atoms with van der Waals surface area (Å²) in [6.07, 6.45) is 71.8. The molecular formula is C65H122O6. The van der Waals surface area contributed by atoms with Gasteiger partial charge in [0.05, 0.1) is 0 Å². The maximum atomic E-state index is 12.9. The van der Waals surface area contributed by atoms with Gasteiger partial charge in [-0.2, -0.15) is 0 Å². The molecule has 0 aliphatic carbocycles. The van der Waals surface area contributed by atoms with E-state index in [1.54, 1.807) is 0 Å². The largest absolute Gasteiger partial charge is 0.462 e. The van der Waals surface area contributed by atoms with Gasteiger partial charge in [0.25, 0.3) is 0 Å². The summed E-state index contributed by atoms with van der Waals surface area (Å²) < 4.78 is 16.9. The van der Waals surface area contributed by atoms with Crippen LogP contribution in [0.3, 0.4) is 0 Å². The lowest BCUT2D eigenvalue weighted by Gasteiger charge is -2.18. The molecule has 0 aliphatic rings. The fourth-order valence-corrected chi connectivity index (χ4v) is 9.61. The van der Waals surface area contributed by atoms with Gasteiger partial charge in [-0.25, -0.2) is 0 Å². The number of carbonyl (C=O) groups is 3. The lowest BCUT2D eigenvalue weighted by Crippen LogP contribution is -2.30. The molecule has 0 radical (unpaired) electrons. The first-order chi connectivity index (χ1) is 35.0. The van der Waals surface area contributed by atoms with E-state index in [2.05, 4.69) is 45.1 Å². The number of allylic oxidation sites excluding steroid dienone is 4. The van der Waals surface area contributed by atoms with E-state index in [0.29, 0.717) is 19.3 Å². The highest BCUT2D eigenvalue weighted by Gasteiger charge is 2.19. The van der Waals surface area contributed by atoms with Crippen molar-refractivity contribution < 1.29 is 28.6 Å². The van der Waals surface area contributed by atoms with Crippen molar-refractivity contribution in [3.8, 4) is 0 Å². The quantitative estimate of drug-likeness (QED) is 0.0261. The highest BCUT2D eigenvalue weighted by atomic mass is 16.6. The Kier molecular flexibility index (Phi) is 58.6. The van der Waals surface area contributed by atoms with E-state index >= 15 is 0 Å². The number of carbonyl (C=O) groups excluding carboxylic acids is 3. The number of hydrogen-bond acceptors (Lipinski definition) is 6. The van der Waals surface area contributed by atoms with Gasteiger partial charge in [-0.15, -0.1) is 0 Å². The van der Waals surface area contributed by atoms with Gasteiger partial charge in [-0.3, -0.25) is 14.4 Å². The fourth-order valence-electron chi connectivity index (χ4n) is 9.61.